The van der Waals surface area contributed by atoms with Crippen molar-refractivity contribution in [3.05, 3.63) is 35.4 Å². The minimum Gasteiger partial charge on any atom is -0.338 e. The second kappa shape index (κ2) is 6.29. The molecule has 0 saturated carbocycles. The van der Waals surface area contributed by atoms with Crippen LogP contribution in [0, 0.1) is 0 Å². The van der Waals surface area contributed by atoms with Gasteiger partial charge >= 0.3 is 6.03 Å². The molecule has 3 nitrogen and oxygen atoms in total. The lowest BCUT2D eigenvalue weighted by atomic mass is 9.86. The molecular weight excluding hydrogens is 248 g/mol. The van der Waals surface area contributed by atoms with Crippen molar-refractivity contribution in [2.24, 2.45) is 0 Å². The molecule has 1 aromatic rings. The standard InChI is InChI=1S/C17H26N2O/c1-17(2,3)15-8-6-14(7-9-15)10-11-18-16(20)19-12-4-5-13-19/h6-9H,4-5,10-13H2,1-3H3,(H,18,20). The molecule has 20 heavy (non-hydrogen) atoms. The van der Waals surface area contributed by atoms with Gasteiger partial charge in [-0.3, -0.25) is 0 Å². The Bertz CT molecular complexity index is 439. The Kier molecular flexibility index (Phi) is 4.69. The molecule has 110 valence electrons. The predicted molar refractivity (Wildman–Crippen MR) is 83.1 cm³/mol. The lowest BCUT2D eigenvalue weighted by Crippen LogP contribution is -2.38. The van der Waals surface area contributed by atoms with Crippen LogP contribution in [0.3, 0.4) is 0 Å². The fourth-order valence-electron chi connectivity index (χ4n) is 2.52. The third kappa shape index (κ3) is 3.99. The zero-order chi connectivity index (χ0) is 14.6. The summed E-state index contributed by atoms with van der Waals surface area (Å²) in [7, 11) is 0. The molecule has 1 aliphatic rings. The third-order valence-electron chi connectivity index (χ3n) is 3.90. The topological polar surface area (TPSA) is 32.3 Å². The van der Waals surface area contributed by atoms with E-state index in [0.29, 0.717) is 6.54 Å². The van der Waals surface area contributed by atoms with Crippen LogP contribution in [0.25, 0.3) is 0 Å². The molecule has 1 N–H and O–H groups in total. The van der Waals surface area contributed by atoms with E-state index in [9.17, 15) is 4.79 Å². The number of hydrogen-bond acceptors (Lipinski definition) is 1. The summed E-state index contributed by atoms with van der Waals surface area (Å²) >= 11 is 0. The van der Waals surface area contributed by atoms with Crippen molar-refractivity contribution in [1.82, 2.24) is 10.2 Å². The molecule has 3 heteroatoms. The highest BCUT2D eigenvalue weighted by molar-refractivity contribution is 5.74. The molecule has 1 aromatic carbocycles. The predicted octanol–water partition coefficient (Wildman–Crippen LogP) is 3.33. The van der Waals surface area contributed by atoms with Gasteiger partial charge in [0.25, 0.3) is 0 Å². The molecule has 0 aromatic heterocycles. The summed E-state index contributed by atoms with van der Waals surface area (Å²) in [5.41, 5.74) is 2.82. The minimum atomic E-state index is 0.0915. The smallest absolute Gasteiger partial charge is 0.317 e. The van der Waals surface area contributed by atoms with Gasteiger partial charge in [0.1, 0.15) is 0 Å². The first-order valence-corrected chi connectivity index (χ1v) is 7.59. The summed E-state index contributed by atoms with van der Waals surface area (Å²) < 4.78 is 0. The van der Waals surface area contributed by atoms with Crippen LogP contribution in [-0.2, 0) is 11.8 Å². The highest BCUT2D eigenvalue weighted by atomic mass is 16.2. The Hall–Kier alpha value is -1.51. The fraction of sp³-hybridized carbons (Fsp3) is 0.588. The molecular formula is C17H26N2O. The van der Waals surface area contributed by atoms with E-state index in [2.05, 4.69) is 50.4 Å². The number of benzene rings is 1. The molecule has 2 amide bonds. The van der Waals surface area contributed by atoms with E-state index in [0.717, 1.165) is 32.4 Å². The molecule has 0 bridgehead atoms. The average Bonchev–Trinajstić information content (AvgIpc) is 2.92. The SMILES string of the molecule is CC(C)(C)c1ccc(CCNC(=O)N2CCCC2)cc1. The Balaban J connectivity index is 1.78. The number of amides is 2. The van der Waals surface area contributed by atoms with E-state index in [-0.39, 0.29) is 11.4 Å². The summed E-state index contributed by atoms with van der Waals surface area (Å²) in [4.78, 5) is 13.7. The van der Waals surface area contributed by atoms with E-state index in [1.54, 1.807) is 0 Å². The maximum absolute atomic E-state index is 11.8. The van der Waals surface area contributed by atoms with Crippen molar-refractivity contribution in [3.8, 4) is 0 Å². The maximum atomic E-state index is 11.8. The summed E-state index contributed by atoms with van der Waals surface area (Å²) in [6.45, 7) is 9.19. The van der Waals surface area contributed by atoms with Gasteiger partial charge in [-0.2, -0.15) is 0 Å². The Morgan fingerprint density at radius 2 is 1.75 bits per heavy atom. The van der Waals surface area contributed by atoms with Gasteiger partial charge in [-0.05, 0) is 35.8 Å². The Morgan fingerprint density at radius 1 is 1.15 bits per heavy atom. The van der Waals surface area contributed by atoms with Crippen LogP contribution >= 0.6 is 0 Å². The Labute approximate surface area is 122 Å². The van der Waals surface area contributed by atoms with E-state index in [1.807, 2.05) is 4.90 Å². The maximum Gasteiger partial charge on any atom is 0.317 e. The molecule has 0 atom stereocenters. The van der Waals surface area contributed by atoms with E-state index >= 15 is 0 Å². The van der Waals surface area contributed by atoms with Gasteiger partial charge in [-0.1, -0.05) is 45.0 Å². The van der Waals surface area contributed by atoms with Crippen LogP contribution in [0.4, 0.5) is 4.79 Å². The van der Waals surface area contributed by atoms with Gasteiger partial charge in [-0.15, -0.1) is 0 Å². The van der Waals surface area contributed by atoms with Crippen molar-refractivity contribution >= 4 is 6.03 Å². The van der Waals surface area contributed by atoms with Gasteiger partial charge in [0.2, 0.25) is 0 Å². The molecule has 0 unspecified atom stereocenters. The van der Waals surface area contributed by atoms with Crippen LogP contribution in [-0.4, -0.2) is 30.6 Å². The van der Waals surface area contributed by atoms with Crippen molar-refractivity contribution in [2.75, 3.05) is 19.6 Å². The number of hydrogen-bond donors (Lipinski definition) is 1. The molecule has 0 radical (unpaired) electrons. The molecule has 1 aliphatic heterocycles. The number of carbonyl (C=O) groups excluding carboxylic acids is 1. The molecule has 0 aliphatic carbocycles. The number of carbonyl (C=O) groups is 1. The summed E-state index contributed by atoms with van der Waals surface area (Å²) in [6.07, 6.45) is 3.17. The van der Waals surface area contributed by atoms with Crippen molar-refractivity contribution in [2.45, 2.75) is 45.4 Å². The number of likely N-dealkylation sites (tertiary alicyclic amines) is 1. The zero-order valence-corrected chi connectivity index (χ0v) is 12.9. The Morgan fingerprint density at radius 3 is 2.30 bits per heavy atom. The van der Waals surface area contributed by atoms with E-state index in [4.69, 9.17) is 0 Å². The first-order valence-electron chi connectivity index (χ1n) is 7.59. The first kappa shape index (κ1) is 14.9. The fourth-order valence-corrected chi connectivity index (χ4v) is 2.52. The van der Waals surface area contributed by atoms with E-state index < -0.39 is 0 Å². The molecule has 1 saturated heterocycles. The summed E-state index contributed by atoms with van der Waals surface area (Å²) in [5.74, 6) is 0. The second-order valence-corrected chi connectivity index (χ2v) is 6.62. The van der Waals surface area contributed by atoms with Gasteiger partial charge < -0.3 is 10.2 Å². The normalized spacial score (nSPS) is 15.4. The van der Waals surface area contributed by atoms with E-state index in [1.165, 1.54) is 11.1 Å². The van der Waals surface area contributed by atoms with Crippen LogP contribution < -0.4 is 5.32 Å². The largest absolute Gasteiger partial charge is 0.338 e. The third-order valence-corrected chi connectivity index (χ3v) is 3.90. The number of nitrogens with zero attached hydrogens (tertiary/aromatic N) is 1. The molecule has 1 heterocycles. The van der Waals surface area contributed by atoms with Gasteiger partial charge in [0.05, 0.1) is 0 Å². The highest BCUT2D eigenvalue weighted by Gasteiger charge is 2.17. The van der Waals surface area contributed by atoms with Crippen LogP contribution in [0.1, 0.15) is 44.7 Å². The van der Waals surface area contributed by atoms with Gasteiger partial charge in [0, 0.05) is 19.6 Å². The second-order valence-electron chi connectivity index (χ2n) is 6.62. The minimum absolute atomic E-state index is 0.0915. The van der Waals surface area contributed by atoms with Crippen LogP contribution in [0.2, 0.25) is 0 Å². The quantitative estimate of drug-likeness (QED) is 0.901. The van der Waals surface area contributed by atoms with Gasteiger partial charge in [-0.25, -0.2) is 4.79 Å². The zero-order valence-electron chi connectivity index (χ0n) is 12.9. The summed E-state index contributed by atoms with van der Waals surface area (Å²) in [6, 6.07) is 8.81. The van der Waals surface area contributed by atoms with Crippen LogP contribution in [0.5, 0.6) is 0 Å². The average molecular weight is 274 g/mol. The number of nitrogens with one attached hydrogen (secondary N) is 1. The number of urea groups is 1. The number of rotatable bonds is 3. The lowest BCUT2D eigenvalue weighted by Gasteiger charge is -2.19. The lowest BCUT2D eigenvalue weighted by molar-refractivity contribution is 0.209. The summed E-state index contributed by atoms with van der Waals surface area (Å²) in [5, 5.41) is 3.00. The van der Waals surface area contributed by atoms with Crippen molar-refractivity contribution < 1.29 is 4.79 Å². The molecule has 2 rings (SSSR count). The first-order chi connectivity index (χ1) is 9.47. The highest BCUT2D eigenvalue weighted by Crippen LogP contribution is 2.22. The van der Waals surface area contributed by atoms with Gasteiger partial charge in [0.15, 0.2) is 0 Å². The van der Waals surface area contributed by atoms with Crippen molar-refractivity contribution in [1.29, 1.82) is 0 Å². The monoisotopic (exact) mass is 274 g/mol. The molecule has 0 spiro atoms. The molecule has 1 fully saturated rings. The van der Waals surface area contributed by atoms with Crippen molar-refractivity contribution in [3.63, 3.8) is 0 Å². The van der Waals surface area contributed by atoms with Crippen LogP contribution in [0.15, 0.2) is 24.3 Å².